The molecule has 2 aromatic carbocycles. The molecule has 8 nitrogen and oxygen atoms in total. The first kappa shape index (κ1) is 20.1. The molecule has 0 spiro atoms. The van der Waals surface area contributed by atoms with Gasteiger partial charge in [-0.15, -0.1) is 0 Å². The van der Waals surface area contributed by atoms with Crippen LogP contribution in [0.2, 0.25) is 5.02 Å². The van der Waals surface area contributed by atoms with Crippen LogP contribution >= 0.6 is 11.6 Å². The van der Waals surface area contributed by atoms with E-state index in [1.165, 1.54) is 6.07 Å². The molecule has 2 aromatic rings. The summed E-state index contributed by atoms with van der Waals surface area (Å²) in [5.41, 5.74) is 3.56. The number of sulfonamides is 1. The second-order valence-corrected chi connectivity index (χ2v) is 8.65. The number of anilines is 2. The number of nitrogens with two attached hydrogens (primary N) is 1. The number of para-hydroxylation sites is 2. The average molecular weight is 423 g/mol. The molecule has 0 saturated carbocycles. The number of hydrogen-bond acceptors (Lipinski definition) is 5. The number of fused-ring (bicyclic) bond motifs is 1. The zero-order chi connectivity index (χ0) is 20.6. The lowest BCUT2D eigenvalue weighted by atomic mass is 10.1. The Hall–Kier alpha value is -2.62. The molecular weight excluding hydrogens is 404 g/mol. The summed E-state index contributed by atoms with van der Waals surface area (Å²) in [7, 11) is -4.19. The highest BCUT2D eigenvalue weighted by Crippen LogP contribution is 2.38. The first-order valence-electron chi connectivity index (χ1n) is 8.37. The number of carbonyl (C=O) groups is 2. The lowest BCUT2D eigenvalue weighted by Gasteiger charge is -2.37. The summed E-state index contributed by atoms with van der Waals surface area (Å²) in [5, 5.41) is 3.08. The maximum Gasteiger partial charge on any atom is 0.265 e. The molecule has 2 amide bonds. The van der Waals surface area contributed by atoms with Crippen LogP contribution in [-0.2, 0) is 19.6 Å². The smallest absolute Gasteiger partial charge is 0.265 e. The van der Waals surface area contributed by atoms with Crippen molar-refractivity contribution in [1.29, 1.82) is 0 Å². The molecule has 0 saturated heterocycles. The summed E-state index contributed by atoms with van der Waals surface area (Å²) in [6.07, 6.45) is -0.429. The van der Waals surface area contributed by atoms with Crippen molar-refractivity contribution in [2.75, 3.05) is 9.62 Å². The minimum atomic E-state index is -4.19. The molecule has 0 aliphatic carbocycles. The van der Waals surface area contributed by atoms with E-state index in [1.54, 1.807) is 44.2 Å². The number of halogens is 1. The summed E-state index contributed by atoms with van der Waals surface area (Å²) < 4.78 is 28.2. The van der Waals surface area contributed by atoms with Gasteiger partial charge in [-0.25, -0.2) is 14.3 Å². The zero-order valence-corrected chi connectivity index (χ0v) is 16.8. The highest BCUT2D eigenvalue weighted by atomic mass is 35.5. The summed E-state index contributed by atoms with van der Waals surface area (Å²) in [6.45, 7) is 3.31. The molecular formula is C18H19ClN4O4S. The van der Waals surface area contributed by atoms with Crippen molar-refractivity contribution < 1.29 is 18.0 Å². The molecule has 28 heavy (non-hydrogen) atoms. The molecule has 0 unspecified atom stereocenters. The minimum absolute atomic E-state index is 0.0112. The van der Waals surface area contributed by atoms with Gasteiger partial charge in [-0.05, 0) is 49.2 Å². The average Bonchev–Trinajstić information content (AvgIpc) is 2.64. The quantitative estimate of drug-likeness (QED) is 0.394. The van der Waals surface area contributed by atoms with E-state index in [9.17, 15) is 18.0 Å². The molecule has 0 bridgehead atoms. The van der Waals surface area contributed by atoms with Crippen LogP contribution in [0.5, 0.6) is 0 Å². The van der Waals surface area contributed by atoms with Crippen LogP contribution < -0.4 is 20.9 Å². The van der Waals surface area contributed by atoms with Crippen molar-refractivity contribution in [3.05, 3.63) is 52.5 Å². The van der Waals surface area contributed by atoms with Gasteiger partial charge in [-0.3, -0.25) is 19.3 Å². The Balaban J connectivity index is 2.23. The van der Waals surface area contributed by atoms with Crippen molar-refractivity contribution in [2.24, 2.45) is 5.84 Å². The SMILES string of the molecule is Cc1cc(S(=O)(=O)N2c3ccccc3NC(=O)[C@H]2CC(=O)NN)c(C)cc1Cl. The molecule has 0 radical (unpaired) electrons. The van der Waals surface area contributed by atoms with Crippen LogP contribution in [0.25, 0.3) is 0 Å². The van der Waals surface area contributed by atoms with E-state index >= 15 is 0 Å². The third kappa shape index (κ3) is 3.44. The van der Waals surface area contributed by atoms with Gasteiger partial charge in [-0.2, -0.15) is 0 Å². The maximum absolute atomic E-state index is 13.6. The Bertz CT molecular complexity index is 1070. The van der Waals surface area contributed by atoms with Crippen LogP contribution in [0.1, 0.15) is 17.5 Å². The molecule has 1 heterocycles. The Kier molecular flexibility index (Phi) is 5.33. The number of hydrogen-bond donors (Lipinski definition) is 3. The number of amides is 2. The number of benzene rings is 2. The molecule has 10 heteroatoms. The minimum Gasteiger partial charge on any atom is -0.322 e. The molecule has 1 atom stereocenters. The van der Waals surface area contributed by atoms with E-state index in [0.29, 0.717) is 21.8 Å². The number of aryl methyl sites for hydroxylation is 2. The lowest BCUT2D eigenvalue weighted by molar-refractivity contribution is -0.125. The monoisotopic (exact) mass is 422 g/mol. The van der Waals surface area contributed by atoms with E-state index < -0.39 is 34.3 Å². The Morgan fingerprint density at radius 3 is 2.61 bits per heavy atom. The van der Waals surface area contributed by atoms with Crippen molar-refractivity contribution >= 4 is 44.8 Å². The van der Waals surface area contributed by atoms with Gasteiger partial charge in [0.1, 0.15) is 6.04 Å². The molecule has 1 aliphatic rings. The fourth-order valence-corrected chi connectivity index (χ4v) is 5.25. The van der Waals surface area contributed by atoms with Crippen LogP contribution in [-0.4, -0.2) is 26.3 Å². The predicted molar refractivity (Wildman–Crippen MR) is 106 cm³/mol. The van der Waals surface area contributed by atoms with E-state index in [0.717, 1.165) is 4.31 Å². The molecule has 0 aromatic heterocycles. The first-order chi connectivity index (χ1) is 13.2. The Labute approximate surface area is 167 Å². The van der Waals surface area contributed by atoms with E-state index in [2.05, 4.69) is 5.32 Å². The second kappa shape index (κ2) is 7.42. The van der Waals surface area contributed by atoms with Crippen LogP contribution in [0.3, 0.4) is 0 Å². The van der Waals surface area contributed by atoms with E-state index in [1.807, 2.05) is 5.43 Å². The fraction of sp³-hybridized carbons (Fsp3) is 0.222. The van der Waals surface area contributed by atoms with Crippen molar-refractivity contribution in [3.63, 3.8) is 0 Å². The number of nitrogens with one attached hydrogen (secondary N) is 2. The number of nitrogens with zero attached hydrogens (tertiary/aromatic N) is 1. The summed E-state index contributed by atoms with van der Waals surface area (Å²) in [4.78, 5) is 24.5. The molecule has 4 N–H and O–H groups in total. The van der Waals surface area contributed by atoms with Gasteiger partial charge in [0, 0.05) is 5.02 Å². The first-order valence-corrected chi connectivity index (χ1v) is 10.2. The van der Waals surface area contributed by atoms with Crippen LogP contribution in [0, 0.1) is 13.8 Å². The second-order valence-electron chi connectivity index (χ2n) is 6.46. The fourth-order valence-electron chi connectivity index (χ4n) is 3.11. The maximum atomic E-state index is 13.6. The lowest BCUT2D eigenvalue weighted by Crippen LogP contribution is -2.53. The van der Waals surface area contributed by atoms with E-state index in [4.69, 9.17) is 17.4 Å². The van der Waals surface area contributed by atoms with Gasteiger partial charge in [-0.1, -0.05) is 23.7 Å². The highest BCUT2D eigenvalue weighted by molar-refractivity contribution is 7.93. The van der Waals surface area contributed by atoms with Crippen LogP contribution in [0.15, 0.2) is 41.3 Å². The normalized spacial score (nSPS) is 16.4. The summed E-state index contributed by atoms with van der Waals surface area (Å²) >= 11 is 6.10. The molecule has 1 aliphatic heterocycles. The van der Waals surface area contributed by atoms with Gasteiger partial charge >= 0.3 is 0 Å². The predicted octanol–water partition coefficient (Wildman–Crippen LogP) is 1.85. The summed E-state index contributed by atoms with van der Waals surface area (Å²) in [5.74, 6) is 3.86. The third-order valence-electron chi connectivity index (χ3n) is 4.52. The molecule has 3 rings (SSSR count). The van der Waals surface area contributed by atoms with E-state index in [-0.39, 0.29) is 10.6 Å². The number of rotatable bonds is 4. The van der Waals surface area contributed by atoms with Gasteiger partial charge < -0.3 is 5.32 Å². The standard InChI is InChI=1S/C18H19ClN4O4S/c1-10-8-16(11(2)7-12(10)19)28(26,27)23-14-6-4-3-5-13(14)21-18(25)15(23)9-17(24)22-20/h3-8,15H,9,20H2,1-2H3,(H,21,25)(H,22,24)/t15-/m1/s1. The topological polar surface area (TPSA) is 122 Å². The molecule has 0 fully saturated rings. The van der Waals surface area contributed by atoms with Gasteiger partial charge in [0.15, 0.2) is 0 Å². The Morgan fingerprint density at radius 1 is 1.25 bits per heavy atom. The molecule has 148 valence electrons. The number of hydrazine groups is 1. The highest BCUT2D eigenvalue weighted by Gasteiger charge is 2.42. The summed E-state index contributed by atoms with van der Waals surface area (Å²) in [6, 6.07) is 8.21. The largest absolute Gasteiger partial charge is 0.322 e. The van der Waals surface area contributed by atoms with Crippen molar-refractivity contribution in [1.82, 2.24) is 5.43 Å². The van der Waals surface area contributed by atoms with Gasteiger partial charge in [0.05, 0.1) is 22.7 Å². The Morgan fingerprint density at radius 2 is 1.93 bits per heavy atom. The van der Waals surface area contributed by atoms with Crippen molar-refractivity contribution in [2.45, 2.75) is 31.2 Å². The van der Waals surface area contributed by atoms with Crippen molar-refractivity contribution in [3.8, 4) is 0 Å². The number of carbonyl (C=O) groups excluding carboxylic acids is 2. The van der Waals surface area contributed by atoms with Gasteiger partial charge in [0.2, 0.25) is 11.8 Å². The zero-order valence-electron chi connectivity index (χ0n) is 15.2. The third-order valence-corrected chi connectivity index (χ3v) is 6.89. The van der Waals surface area contributed by atoms with Crippen LogP contribution in [0.4, 0.5) is 11.4 Å². The van der Waals surface area contributed by atoms with Gasteiger partial charge in [0.25, 0.3) is 10.0 Å².